The molecule has 0 saturated heterocycles. The van der Waals surface area contributed by atoms with E-state index in [4.69, 9.17) is 5.41 Å². The second-order valence-electron chi connectivity index (χ2n) is 1.25. The topological polar surface area (TPSA) is 35.9 Å². The summed E-state index contributed by atoms with van der Waals surface area (Å²) < 4.78 is 0. The lowest BCUT2D eigenvalue weighted by molar-refractivity contribution is 0.996. The van der Waals surface area contributed by atoms with Gasteiger partial charge in [0.25, 0.3) is 0 Å². The molecule has 0 fully saturated rings. The highest BCUT2D eigenvalue weighted by atomic mass is 14.9. The molecule has 0 aliphatic carbocycles. The van der Waals surface area contributed by atoms with Gasteiger partial charge in [0, 0.05) is 5.70 Å². The molecule has 0 radical (unpaired) electrons. The van der Waals surface area contributed by atoms with E-state index < -0.39 is 0 Å². The largest absolute Gasteiger partial charge is 0.351 e. The first-order chi connectivity index (χ1) is 3.31. The summed E-state index contributed by atoms with van der Waals surface area (Å²) in [6.07, 6.45) is 2.02. The van der Waals surface area contributed by atoms with Gasteiger partial charge in [0.15, 0.2) is 0 Å². The molecular weight excluding hydrogens is 88.1 g/mol. The van der Waals surface area contributed by atoms with Gasteiger partial charge in [-0.15, -0.1) is 0 Å². The number of rotatable bonds is 3. The smallest absolute Gasteiger partial charge is 0.0832 e. The van der Waals surface area contributed by atoms with Crippen molar-refractivity contribution >= 4 is 6.34 Å². The summed E-state index contributed by atoms with van der Waals surface area (Å²) in [6, 6.07) is 0. The van der Waals surface area contributed by atoms with Crippen LogP contribution in [0.5, 0.6) is 0 Å². The van der Waals surface area contributed by atoms with E-state index in [-0.39, 0.29) is 0 Å². The zero-order valence-electron chi connectivity index (χ0n) is 4.49. The van der Waals surface area contributed by atoms with E-state index in [1.807, 2.05) is 6.92 Å². The molecule has 0 aromatic rings. The highest BCUT2D eigenvalue weighted by Crippen LogP contribution is 1.85. The number of hydrogen-bond acceptors (Lipinski definition) is 1. The van der Waals surface area contributed by atoms with E-state index in [0.29, 0.717) is 0 Å². The van der Waals surface area contributed by atoms with Crippen LogP contribution in [0.15, 0.2) is 12.3 Å². The molecule has 0 heterocycles. The molecule has 2 heteroatoms. The second kappa shape index (κ2) is 3.40. The maximum atomic E-state index is 6.54. The van der Waals surface area contributed by atoms with Crippen LogP contribution < -0.4 is 5.32 Å². The maximum Gasteiger partial charge on any atom is 0.0832 e. The Morgan fingerprint density at radius 1 is 2.00 bits per heavy atom. The van der Waals surface area contributed by atoms with E-state index in [1.54, 1.807) is 0 Å². The summed E-state index contributed by atoms with van der Waals surface area (Å²) in [5.74, 6) is 0. The van der Waals surface area contributed by atoms with Crippen LogP contribution in [0.4, 0.5) is 0 Å². The summed E-state index contributed by atoms with van der Waals surface area (Å²) in [6.45, 7) is 5.59. The van der Waals surface area contributed by atoms with Crippen molar-refractivity contribution in [3.05, 3.63) is 12.3 Å². The van der Waals surface area contributed by atoms with Crippen molar-refractivity contribution in [3.8, 4) is 0 Å². The molecule has 2 nitrogen and oxygen atoms in total. The molecule has 0 amide bonds. The molecule has 0 saturated carbocycles. The Labute approximate surface area is 43.7 Å². The van der Waals surface area contributed by atoms with E-state index in [2.05, 4.69) is 11.9 Å². The van der Waals surface area contributed by atoms with Crippen molar-refractivity contribution in [1.82, 2.24) is 5.32 Å². The van der Waals surface area contributed by atoms with Gasteiger partial charge in [-0.1, -0.05) is 13.5 Å². The van der Waals surface area contributed by atoms with Gasteiger partial charge < -0.3 is 5.32 Å². The molecule has 0 aliphatic rings. The van der Waals surface area contributed by atoms with Crippen LogP contribution >= 0.6 is 0 Å². The Morgan fingerprint density at radius 3 is 2.71 bits per heavy atom. The molecule has 0 aromatic heterocycles. The molecule has 0 unspecified atom stereocenters. The lowest BCUT2D eigenvalue weighted by Crippen LogP contribution is -2.06. The summed E-state index contributed by atoms with van der Waals surface area (Å²) in [5, 5.41) is 9.18. The molecule has 7 heavy (non-hydrogen) atoms. The van der Waals surface area contributed by atoms with E-state index in [9.17, 15) is 0 Å². The molecule has 40 valence electrons. The Balaban J connectivity index is 3.17. The predicted octanol–water partition coefficient (Wildman–Crippen LogP) is 1.11. The fourth-order valence-electron chi connectivity index (χ4n) is 0.204. The first-order valence-corrected chi connectivity index (χ1v) is 2.24. The normalized spacial score (nSPS) is 7.57. The lowest BCUT2D eigenvalue weighted by atomic mass is 10.4. The van der Waals surface area contributed by atoms with Gasteiger partial charge >= 0.3 is 0 Å². The van der Waals surface area contributed by atoms with Crippen molar-refractivity contribution in [2.75, 3.05) is 0 Å². The van der Waals surface area contributed by atoms with Gasteiger partial charge in [0.1, 0.15) is 0 Å². The van der Waals surface area contributed by atoms with Crippen molar-refractivity contribution in [2.24, 2.45) is 0 Å². The van der Waals surface area contributed by atoms with Crippen LogP contribution in [0.2, 0.25) is 0 Å². The fraction of sp³-hybridized carbons (Fsp3) is 0.400. The standard InChI is InChI=1S/C5H10N2/c1-3-5(2)7-4-6/h4H,2-3H2,1H3,(H2,6,7). The third-order valence-electron chi connectivity index (χ3n) is 0.703. The monoisotopic (exact) mass is 98.1 g/mol. The number of nitrogens with one attached hydrogen (secondary N) is 2. The van der Waals surface area contributed by atoms with Crippen molar-refractivity contribution in [1.29, 1.82) is 5.41 Å². The Hall–Kier alpha value is -0.790. The molecule has 0 aliphatic heterocycles. The van der Waals surface area contributed by atoms with Crippen molar-refractivity contribution < 1.29 is 0 Å². The molecule has 0 atom stereocenters. The molecular formula is C5H10N2. The summed E-state index contributed by atoms with van der Waals surface area (Å²) >= 11 is 0. The number of allylic oxidation sites excluding steroid dienone is 1. The summed E-state index contributed by atoms with van der Waals surface area (Å²) in [5.41, 5.74) is 0.884. The zero-order valence-corrected chi connectivity index (χ0v) is 4.49. The average molecular weight is 98.1 g/mol. The highest BCUT2D eigenvalue weighted by Gasteiger charge is 1.78. The van der Waals surface area contributed by atoms with Gasteiger partial charge in [0.2, 0.25) is 0 Å². The highest BCUT2D eigenvalue weighted by molar-refractivity contribution is 5.52. The fourth-order valence-corrected chi connectivity index (χ4v) is 0.204. The molecule has 0 rings (SSSR count). The van der Waals surface area contributed by atoms with Gasteiger partial charge in [-0.05, 0) is 6.42 Å². The van der Waals surface area contributed by atoms with Gasteiger partial charge in [-0.2, -0.15) is 0 Å². The minimum absolute atomic E-state index is 0.884. The van der Waals surface area contributed by atoms with Crippen LogP contribution in [0.1, 0.15) is 13.3 Å². The first kappa shape index (κ1) is 6.21. The van der Waals surface area contributed by atoms with Gasteiger partial charge in [0.05, 0.1) is 6.34 Å². The minimum atomic E-state index is 0.884. The van der Waals surface area contributed by atoms with Crippen LogP contribution in [0.25, 0.3) is 0 Å². The minimum Gasteiger partial charge on any atom is -0.351 e. The quantitative estimate of drug-likeness (QED) is 0.402. The second-order valence-corrected chi connectivity index (χ2v) is 1.25. The van der Waals surface area contributed by atoms with Crippen molar-refractivity contribution in [2.45, 2.75) is 13.3 Å². The summed E-state index contributed by atoms with van der Waals surface area (Å²) in [4.78, 5) is 0. The molecule has 0 aromatic carbocycles. The maximum absolute atomic E-state index is 6.54. The molecule has 0 spiro atoms. The zero-order chi connectivity index (χ0) is 5.70. The Bertz CT molecular complexity index is 76.1. The lowest BCUT2D eigenvalue weighted by Gasteiger charge is -1.95. The van der Waals surface area contributed by atoms with Crippen molar-refractivity contribution in [3.63, 3.8) is 0 Å². The van der Waals surface area contributed by atoms with Crippen LogP contribution in [0, 0.1) is 5.41 Å². The third-order valence-corrected chi connectivity index (χ3v) is 0.703. The van der Waals surface area contributed by atoms with Crippen LogP contribution in [-0.4, -0.2) is 6.34 Å². The third kappa shape index (κ3) is 3.03. The van der Waals surface area contributed by atoms with E-state index in [0.717, 1.165) is 18.5 Å². The average Bonchev–Trinajstić information content (AvgIpc) is 1.68. The van der Waals surface area contributed by atoms with E-state index >= 15 is 0 Å². The molecule has 2 N–H and O–H groups in total. The Morgan fingerprint density at radius 2 is 2.57 bits per heavy atom. The first-order valence-electron chi connectivity index (χ1n) is 2.24. The SMILES string of the molecule is C=C(CC)NC=N. The van der Waals surface area contributed by atoms with Gasteiger partial charge in [-0.3, -0.25) is 5.41 Å². The number of hydrogen-bond donors (Lipinski definition) is 2. The van der Waals surface area contributed by atoms with Gasteiger partial charge in [-0.25, -0.2) is 0 Å². The van der Waals surface area contributed by atoms with Crippen LogP contribution in [0.3, 0.4) is 0 Å². The Kier molecular flexibility index (Phi) is 3.02. The predicted molar refractivity (Wildman–Crippen MR) is 31.4 cm³/mol. The summed E-state index contributed by atoms with van der Waals surface area (Å²) in [7, 11) is 0. The van der Waals surface area contributed by atoms with Crippen LogP contribution in [-0.2, 0) is 0 Å². The van der Waals surface area contributed by atoms with E-state index in [1.165, 1.54) is 0 Å². The molecule has 0 bridgehead atoms.